The van der Waals surface area contributed by atoms with Crippen molar-refractivity contribution in [1.82, 2.24) is 24.2 Å². The number of benzene rings is 1. The number of hydrogen-bond acceptors (Lipinski definition) is 6. The molecule has 0 atom stereocenters. The van der Waals surface area contributed by atoms with Crippen LogP contribution < -0.4 is 4.72 Å². The van der Waals surface area contributed by atoms with Gasteiger partial charge in [-0.1, -0.05) is 26.7 Å². The lowest BCUT2D eigenvalue weighted by molar-refractivity contribution is 0.103. The molecule has 39 heavy (non-hydrogen) atoms. The van der Waals surface area contributed by atoms with E-state index in [9.17, 15) is 17.6 Å². The van der Waals surface area contributed by atoms with Crippen molar-refractivity contribution in [1.29, 1.82) is 0 Å². The second-order valence-electron chi connectivity index (χ2n) is 10.1. The molecule has 0 saturated heterocycles. The molecular weight excluding hydrogens is 526 g/mol. The predicted octanol–water partition coefficient (Wildman–Crippen LogP) is 5.04. The molecule has 204 valence electrons. The molecule has 4 aromatic rings. The number of anilines is 1. The molecule has 1 aromatic carbocycles. The fourth-order valence-corrected chi connectivity index (χ4v) is 5.15. The quantitative estimate of drug-likeness (QED) is 0.265. The van der Waals surface area contributed by atoms with Gasteiger partial charge in [-0.05, 0) is 30.5 Å². The number of rotatable bonds is 10. The lowest BCUT2D eigenvalue weighted by atomic mass is 10.0. The monoisotopic (exact) mass is 554 g/mol. The molecular formula is C27H28F2N6O3S. The van der Waals surface area contributed by atoms with Crippen LogP contribution in [-0.2, 0) is 10.2 Å². The Morgan fingerprint density at radius 1 is 1.13 bits per heavy atom. The molecule has 1 aliphatic carbocycles. The van der Waals surface area contributed by atoms with E-state index in [0.29, 0.717) is 40.3 Å². The second-order valence-corrected chi connectivity index (χ2v) is 11.9. The van der Waals surface area contributed by atoms with Gasteiger partial charge in [-0.15, -0.1) is 0 Å². The number of ketones is 1. The van der Waals surface area contributed by atoms with Crippen LogP contribution in [0.1, 0.15) is 60.8 Å². The van der Waals surface area contributed by atoms with Crippen LogP contribution in [0, 0.1) is 17.6 Å². The van der Waals surface area contributed by atoms with E-state index in [-0.39, 0.29) is 18.0 Å². The van der Waals surface area contributed by atoms with Gasteiger partial charge >= 0.3 is 10.2 Å². The first-order chi connectivity index (χ1) is 18.5. The van der Waals surface area contributed by atoms with E-state index in [4.69, 9.17) is 0 Å². The highest BCUT2D eigenvalue weighted by Crippen LogP contribution is 2.33. The lowest BCUT2D eigenvalue weighted by Crippen LogP contribution is -2.34. The first-order valence-corrected chi connectivity index (χ1v) is 14.1. The summed E-state index contributed by atoms with van der Waals surface area (Å²) in [6.45, 7) is 4.22. The van der Waals surface area contributed by atoms with Crippen LogP contribution in [0.25, 0.3) is 22.2 Å². The van der Waals surface area contributed by atoms with Gasteiger partial charge < -0.3 is 4.98 Å². The number of aromatic nitrogens is 4. The summed E-state index contributed by atoms with van der Waals surface area (Å²) < 4.78 is 59.0. The van der Waals surface area contributed by atoms with Crippen LogP contribution in [0.2, 0.25) is 0 Å². The summed E-state index contributed by atoms with van der Waals surface area (Å²) in [5.41, 5.74) is 0.220. The summed E-state index contributed by atoms with van der Waals surface area (Å²) in [6.07, 6.45) is 9.05. The third-order valence-electron chi connectivity index (χ3n) is 6.81. The van der Waals surface area contributed by atoms with Gasteiger partial charge in [0.05, 0.1) is 11.3 Å². The highest BCUT2D eigenvalue weighted by molar-refractivity contribution is 7.90. The topological polar surface area (TPSA) is 121 Å². The molecule has 3 aromatic heterocycles. The fourth-order valence-electron chi connectivity index (χ4n) is 4.22. The van der Waals surface area contributed by atoms with Crippen LogP contribution in [0.5, 0.6) is 0 Å². The maximum atomic E-state index is 15.5. The molecule has 3 heterocycles. The largest absolute Gasteiger partial charge is 0.345 e. The zero-order valence-electron chi connectivity index (χ0n) is 21.7. The Morgan fingerprint density at radius 3 is 2.49 bits per heavy atom. The minimum atomic E-state index is -4.11. The summed E-state index contributed by atoms with van der Waals surface area (Å²) in [5, 5.41) is 0.343. The molecule has 1 fully saturated rings. The van der Waals surface area contributed by atoms with E-state index in [0.717, 1.165) is 29.3 Å². The van der Waals surface area contributed by atoms with Crippen molar-refractivity contribution in [2.75, 3.05) is 18.3 Å². The van der Waals surface area contributed by atoms with Gasteiger partial charge in [-0.3, -0.25) is 9.52 Å². The van der Waals surface area contributed by atoms with Crippen LogP contribution in [0.15, 0.2) is 43.0 Å². The predicted molar refractivity (Wildman–Crippen MR) is 144 cm³/mol. The molecule has 0 amide bonds. The maximum absolute atomic E-state index is 15.5. The number of carbonyl (C=O) groups is 1. The summed E-state index contributed by atoms with van der Waals surface area (Å²) in [7, 11) is -2.73. The first kappa shape index (κ1) is 26.8. The maximum Gasteiger partial charge on any atom is 0.301 e. The summed E-state index contributed by atoms with van der Waals surface area (Å²) >= 11 is 0. The van der Waals surface area contributed by atoms with E-state index < -0.39 is 38.9 Å². The lowest BCUT2D eigenvalue weighted by Gasteiger charge is -2.19. The number of hydrogen-bond donors (Lipinski definition) is 2. The zero-order chi connectivity index (χ0) is 27.9. The van der Waals surface area contributed by atoms with Crippen molar-refractivity contribution >= 4 is 32.7 Å². The molecule has 9 nitrogen and oxygen atoms in total. The van der Waals surface area contributed by atoms with Crippen LogP contribution in [-0.4, -0.2) is 52.0 Å². The van der Waals surface area contributed by atoms with E-state index >= 15 is 4.39 Å². The Bertz CT molecular complexity index is 1650. The Labute approximate surface area is 224 Å². The third-order valence-corrected chi connectivity index (χ3v) is 8.29. The Kier molecular flexibility index (Phi) is 7.17. The molecule has 0 aliphatic heterocycles. The number of pyridine rings is 1. The highest BCUT2D eigenvalue weighted by Gasteiger charge is 2.28. The number of halogens is 2. The van der Waals surface area contributed by atoms with Crippen molar-refractivity contribution in [2.45, 2.75) is 39.0 Å². The van der Waals surface area contributed by atoms with Crippen LogP contribution in [0.4, 0.5) is 14.5 Å². The van der Waals surface area contributed by atoms with Gasteiger partial charge in [0, 0.05) is 66.4 Å². The first-order valence-electron chi connectivity index (χ1n) is 12.6. The van der Waals surface area contributed by atoms with Crippen LogP contribution >= 0.6 is 0 Å². The van der Waals surface area contributed by atoms with Crippen molar-refractivity contribution in [2.24, 2.45) is 5.92 Å². The average Bonchev–Trinajstić information content (AvgIpc) is 3.65. The van der Waals surface area contributed by atoms with Gasteiger partial charge in [-0.2, -0.15) is 12.7 Å². The number of nitrogens with zero attached hydrogens (tertiary/aromatic N) is 4. The highest BCUT2D eigenvalue weighted by atomic mass is 32.2. The molecule has 12 heteroatoms. The molecule has 2 N–H and O–H groups in total. The van der Waals surface area contributed by atoms with Crippen molar-refractivity contribution in [3.8, 4) is 11.1 Å². The summed E-state index contributed by atoms with van der Waals surface area (Å²) in [6, 6.07) is 3.49. The Morgan fingerprint density at radius 2 is 1.82 bits per heavy atom. The molecule has 5 rings (SSSR count). The molecule has 1 saturated carbocycles. The van der Waals surface area contributed by atoms with Crippen molar-refractivity contribution in [3.63, 3.8) is 0 Å². The van der Waals surface area contributed by atoms with E-state index in [2.05, 4.69) is 24.7 Å². The third kappa shape index (κ3) is 5.52. The van der Waals surface area contributed by atoms with Crippen LogP contribution in [0.3, 0.4) is 0 Å². The minimum Gasteiger partial charge on any atom is -0.345 e. The fraction of sp³-hybridized carbons (Fsp3) is 0.333. The zero-order valence-corrected chi connectivity index (χ0v) is 22.5. The SMILES string of the molecule is CC(C)c1ncc(-c2cnc3[nH]cc(C(=O)c4c(F)ccc(NS(=O)(=O)N(C)CCC5CC5)c4F)c3c2)cn1. The summed E-state index contributed by atoms with van der Waals surface area (Å²) in [5.74, 6) is -2.02. The molecule has 0 spiro atoms. The molecule has 1 aliphatic rings. The van der Waals surface area contributed by atoms with Gasteiger partial charge in [0.25, 0.3) is 0 Å². The van der Waals surface area contributed by atoms with Crippen molar-refractivity contribution in [3.05, 3.63) is 71.6 Å². The standard InChI is InChI=1S/C27H28F2N6O3S/c1-15(2)26-30-12-18(13-31-26)17-10-19-20(14-33-27(19)32-11-17)25(36)23-21(28)6-7-22(24(23)29)34-39(37,38)35(3)9-8-16-4-5-16/h6-7,10-16,34H,4-5,8-9H2,1-3H3,(H,32,33). The number of aromatic amines is 1. The number of nitrogens with one attached hydrogen (secondary N) is 2. The number of H-pyrrole nitrogens is 1. The van der Waals surface area contributed by atoms with Gasteiger partial charge in [0.15, 0.2) is 5.82 Å². The summed E-state index contributed by atoms with van der Waals surface area (Å²) in [4.78, 5) is 29.3. The van der Waals surface area contributed by atoms with Gasteiger partial charge in [-0.25, -0.2) is 23.7 Å². The number of fused-ring (bicyclic) bond motifs is 1. The van der Waals surface area contributed by atoms with E-state index in [1.165, 1.54) is 13.2 Å². The Balaban J connectivity index is 1.46. The number of carbonyl (C=O) groups excluding carboxylic acids is 1. The van der Waals surface area contributed by atoms with E-state index in [1.54, 1.807) is 24.7 Å². The molecule has 0 unspecified atom stereocenters. The average molecular weight is 555 g/mol. The van der Waals surface area contributed by atoms with Crippen molar-refractivity contribution < 1.29 is 22.0 Å². The molecule has 0 radical (unpaired) electrons. The molecule has 0 bridgehead atoms. The van der Waals surface area contributed by atoms with Gasteiger partial charge in [0.1, 0.15) is 17.3 Å². The smallest absolute Gasteiger partial charge is 0.301 e. The van der Waals surface area contributed by atoms with E-state index in [1.807, 2.05) is 13.8 Å². The van der Waals surface area contributed by atoms with Gasteiger partial charge in [0.2, 0.25) is 5.78 Å². The Hall–Kier alpha value is -3.77. The second kappa shape index (κ2) is 10.4. The minimum absolute atomic E-state index is 0.0153. The normalized spacial score (nSPS) is 13.9.